The zero-order chi connectivity index (χ0) is 15.6. The summed E-state index contributed by atoms with van der Waals surface area (Å²) in [7, 11) is 0. The molecule has 1 aromatic heterocycles. The van der Waals surface area contributed by atoms with E-state index in [1.165, 1.54) is 16.2 Å². The highest BCUT2D eigenvalue weighted by Gasteiger charge is 2.26. The number of hydrogen-bond acceptors (Lipinski definition) is 4. The van der Waals surface area contributed by atoms with Gasteiger partial charge in [0.2, 0.25) is 0 Å². The molecule has 1 aliphatic rings. The molecule has 0 bridgehead atoms. The number of carbonyl (C=O) groups excluding carboxylic acids is 1. The van der Waals surface area contributed by atoms with Crippen LogP contribution in [0.5, 0.6) is 0 Å². The van der Waals surface area contributed by atoms with Gasteiger partial charge < -0.3 is 15.5 Å². The molecule has 3 N–H and O–H groups in total. The second-order valence-electron chi connectivity index (χ2n) is 5.37. The highest BCUT2D eigenvalue weighted by molar-refractivity contribution is 7.14. The summed E-state index contributed by atoms with van der Waals surface area (Å²) in [4.78, 5) is 35.3. The smallest absolute Gasteiger partial charge is 0.326 e. The first-order chi connectivity index (χ1) is 9.86. The minimum Gasteiger partial charge on any atom is -0.481 e. The molecule has 1 aromatic rings. The summed E-state index contributed by atoms with van der Waals surface area (Å²) in [5.74, 6) is -2.54. The van der Waals surface area contributed by atoms with E-state index in [2.05, 4.69) is 12.2 Å². The summed E-state index contributed by atoms with van der Waals surface area (Å²) in [5.41, 5.74) is 1.15. The molecule has 2 atom stereocenters. The maximum Gasteiger partial charge on any atom is 0.326 e. The van der Waals surface area contributed by atoms with Gasteiger partial charge in [-0.2, -0.15) is 0 Å². The van der Waals surface area contributed by atoms with Gasteiger partial charge >= 0.3 is 11.9 Å². The van der Waals surface area contributed by atoms with E-state index in [-0.39, 0.29) is 0 Å². The van der Waals surface area contributed by atoms with Crippen molar-refractivity contribution < 1.29 is 24.6 Å². The van der Waals surface area contributed by atoms with Crippen LogP contribution in [0.1, 0.15) is 39.9 Å². The predicted molar refractivity (Wildman–Crippen MR) is 76.7 cm³/mol. The van der Waals surface area contributed by atoms with E-state index in [0.717, 1.165) is 24.8 Å². The highest BCUT2D eigenvalue weighted by Crippen LogP contribution is 2.32. The average Bonchev–Trinajstić information content (AvgIpc) is 2.80. The minimum atomic E-state index is -1.41. The molecule has 6 nitrogen and oxygen atoms in total. The number of rotatable bonds is 5. The molecule has 0 aliphatic heterocycles. The quantitative estimate of drug-likeness (QED) is 0.765. The van der Waals surface area contributed by atoms with Gasteiger partial charge in [-0.15, -0.1) is 11.3 Å². The number of aliphatic carboxylic acids is 2. The van der Waals surface area contributed by atoms with Crippen LogP contribution in [0.3, 0.4) is 0 Å². The Kier molecular flexibility index (Phi) is 4.62. The fraction of sp³-hybridized carbons (Fsp3) is 0.500. The number of amides is 1. The van der Waals surface area contributed by atoms with Crippen LogP contribution >= 0.6 is 11.3 Å². The molecule has 0 radical (unpaired) electrons. The van der Waals surface area contributed by atoms with Crippen molar-refractivity contribution in [3.63, 3.8) is 0 Å². The Balaban J connectivity index is 2.09. The second-order valence-corrected chi connectivity index (χ2v) is 6.51. The molecule has 0 saturated carbocycles. The van der Waals surface area contributed by atoms with Gasteiger partial charge in [0, 0.05) is 4.88 Å². The topological polar surface area (TPSA) is 104 Å². The molecule has 21 heavy (non-hydrogen) atoms. The second kappa shape index (κ2) is 6.26. The van der Waals surface area contributed by atoms with Gasteiger partial charge in [-0.05, 0) is 36.8 Å². The van der Waals surface area contributed by atoms with Gasteiger partial charge in [0.05, 0.1) is 11.3 Å². The Labute approximate surface area is 125 Å². The van der Waals surface area contributed by atoms with E-state index in [9.17, 15) is 14.4 Å². The van der Waals surface area contributed by atoms with E-state index >= 15 is 0 Å². The number of aryl methyl sites for hydroxylation is 1. The van der Waals surface area contributed by atoms with Crippen LogP contribution < -0.4 is 5.32 Å². The fourth-order valence-corrected chi connectivity index (χ4v) is 3.53. The molecular formula is C14H17NO5S. The van der Waals surface area contributed by atoms with Gasteiger partial charge in [-0.1, -0.05) is 6.92 Å². The van der Waals surface area contributed by atoms with Crippen LogP contribution in [0.2, 0.25) is 0 Å². The Morgan fingerprint density at radius 2 is 2.14 bits per heavy atom. The Morgan fingerprint density at radius 1 is 1.43 bits per heavy atom. The molecule has 0 spiro atoms. The third-order valence-electron chi connectivity index (χ3n) is 3.54. The lowest BCUT2D eigenvalue weighted by atomic mass is 9.90. The molecule has 1 heterocycles. The summed E-state index contributed by atoms with van der Waals surface area (Å²) in [6, 6.07) is 0.387. The predicted octanol–water partition coefficient (Wildman–Crippen LogP) is 1.53. The number of carbonyl (C=O) groups is 3. The maximum atomic E-state index is 12.1. The van der Waals surface area contributed by atoms with E-state index in [0.29, 0.717) is 10.8 Å². The van der Waals surface area contributed by atoms with E-state index in [1.54, 1.807) is 6.07 Å². The van der Waals surface area contributed by atoms with Crippen molar-refractivity contribution in [3.05, 3.63) is 21.4 Å². The van der Waals surface area contributed by atoms with E-state index in [4.69, 9.17) is 10.2 Å². The summed E-state index contributed by atoms with van der Waals surface area (Å²) in [6.07, 6.45) is 2.32. The molecule has 114 valence electrons. The first kappa shape index (κ1) is 15.5. The monoisotopic (exact) mass is 311 g/mol. The van der Waals surface area contributed by atoms with Gasteiger partial charge in [0.1, 0.15) is 6.04 Å². The molecule has 1 aliphatic carbocycles. The molecule has 0 fully saturated rings. The summed E-state index contributed by atoms with van der Waals surface area (Å²) >= 11 is 1.37. The Hall–Kier alpha value is -1.89. The SMILES string of the molecule is CC1CCc2sc(C(=O)NC(CC(=O)O)C(=O)O)cc2C1. The van der Waals surface area contributed by atoms with Crippen LogP contribution in [0.4, 0.5) is 0 Å². The van der Waals surface area contributed by atoms with Crippen LogP contribution in [-0.2, 0) is 22.4 Å². The van der Waals surface area contributed by atoms with Crippen LogP contribution in [0, 0.1) is 5.92 Å². The zero-order valence-corrected chi connectivity index (χ0v) is 12.4. The molecule has 2 unspecified atom stereocenters. The summed E-state index contributed by atoms with van der Waals surface area (Å²) in [5, 5.41) is 19.9. The maximum absolute atomic E-state index is 12.1. The van der Waals surface area contributed by atoms with Crippen molar-refractivity contribution in [2.75, 3.05) is 0 Å². The number of fused-ring (bicyclic) bond motifs is 1. The van der Waals surface area contributed by atoms with Gasteiger partial charge in [-0.25, -0.2) is 4.79 Å². The molecule has 0 aromatic carbocycles. The molecule has 7 heteroatoms. The molecular weight excluding hydrogens is 294 g/mol. The Bertz CT molecular complexity index is 580. The lowest BCUT2D eigenvalue weighted by molar-refractivity contribution is -0.145. The third kappa shape index (κ3) is 3.81. The number of thiophene rings is 1. The lowest BCUT2D eigenvalue weighted by Crippen LogP contribution is -2.41. The van der Waals surface area contributed by atoms with Gasteiger partial charge in [0.15, 0.2) is 0 Å². The van der Waals surface area contributed by atoms with Crippen molar-refractivity contribution in [2.24, 2.45) is 5.92 Å². The Morgan fingerprint density at radius 3 is 2.76 bits per heavy atom. The number of nitrogens with one attached hydrogen (secondary N) is 1. The average molecular weight is 311 g/mol. The fourth-order valence-electron chi connectivity index (χ4n) is 2.42. The normalized spacial score (nSPS) is 18.6. The molecule has 2 rings (SSSR count). The van der Waals surface area contributed by atoms with Gasteiger partial charge in [0.25, 0.3) is 5.91 Å². The first-order valence-electron chi connectivity index (χ1n) is 6.74. The van der Waals surface area contributed by atoms with Crippen LogP contribution in [0.15, 0.2) is 6.07 Å². The van der Waals surface area contributed by atoms with Crippen molar-refractivity contribution >= 4 is 29.2 Å². The number of carboxylic acid groups (broad SMARTS) is 2. The summed E-state index contributed by atoms with van der Waals surface area (Å²) in [6.45, 7) is 2.16. The lowest BCUT2D eigenvalue weighted by Gasteiger charge is -2.16. The van der Waals surface area contributed by atoms with Crippen LogP contribution in [0.25, 0.3) is 0 Å². The molecule has 1 amide bonds. The van der Waals surface area contributed by atoms with Crippen molar-refractivity contribution in [1.29, 1.82) is 0 Å². The van der Waals surface area contributed by atoms with Crippen LogP contribution in [-0.4, -0.2) is 34.1 Å². The van der Waals surface area contributed by atoms with Crippen molar-refractivity contribution in [1.82, 2.24) is 5.32 Å². The summed E-state index contributed by atoms with van der Waals surface area (Å²) < 4.78 is 0. The minimum absolute atomic E-state index is 0.450. The zero-order valence-electron chi connectivity index (χ0n) is 11.6. The standard InChI is InChI=1S/C14H17NO5S/c1-7-2-3-10-8(4-7)5-11(21-10)13(18)15-9(14(19)20)6-12(16)17/h5,7,9H,2-4,6H2,1H3,(H,15,18)(H,16,17)(H,19,20). The van der Waals surface area contributed by atoms with Crippen molar-refractivity contribution in [2.45, 2.75) is 38.6 Å². The van der Waals surface area contributed by atoms with Crippen molar-refractivity contribution in [3.8, 4) is 0 Å². The third-order valence-corrected chi connectivity index (χ3v) is 4.77. The van der Waals surface area contributed by atoms with E-state index in [1.807, 2.05) is 0 Å². The largest absolute Gasteiger partial charge is 0.481 e. The first-order valence-corrected chi connectivity index (χ1v) is 7.55. The molecule has 0 saturated heterocycles. The van der Waals surface area contributed by atoms with Gasteiger partial charge in [-0.3, -0.25) is 9.59 Å². The number of hydrogen-bond donors (Lipinski definition) is 3. The number of carboxylic acids is 2. The highest BCUT2D eigenvalue weighted by atomic mass is 32.1. The van der Waals surface area contributed by atoms with E-state index < -0.39 is 30.3 Å².